The number of ether oxygens (including phenoxy) is 1. The number of carbonyl (C=O) groups is 1. The number of benzene rings is 1. The zero-order valence-corrected chi connectivity index (χ0v) is 11.5. The van der Waals surface area contributed by atoms with Gasteiger partial charge in [-0.3, -0.25) is 10.1 Å². The molecule has 0 unspecified atom stereocenters. The van der Waals surface area contributed by atoms with Crippen LogP contribution in [0.3, 0.4) is 0 Å². The van der Waals surface area contributed by atoms with Crippen molar-refractivity contribution in [2.75, 3.05) is 12.4 Å². The zero-order chi connectivity index (χ0) is 14.0. The maximum Gasteiger partial charge on any atom is 0.261 e. The minimum Gasteiger partial charge on any atom is -0.494 e. The molecule has 0 fully saturated rings. The summed E-state index contributed by atoms with van der Waals surface area (Å²) in [4.78, 5) is 12.1. The fourth-order valence-corrected chi connectivity index (χ4v) is 2.01. The van der Waals surface area contributed by atoms with Crippen molar-refractivity contribution in [1.82, 2.24) is 20.2 Å². The molecule has 0 atom stereocenters. The predicted molar refractivity (Wildman–Crippen MR) is 69.8 cm³/mol. The summed E-state index contributed by atoms with van der Waals surface area (Å²) in [6.07, 6.45) is 0. The van der Waals surface area contributed by atoms with Gasteiger partial charge in [0.05, 0.1) is 17.7 Å². The summed E-state index contributed by atoms with van der Waals surface area (Å²) < 4.78 is 6.41. The average Bonchev–Trinajstić information content (AvgIpc) is 2.74. The highest BCUT2D eigenvalue weighted by molar-refractivity contribution is 6.36. The second-order valence-corrected chi connectivity index (χ2v) is 4.39. The lowest BCUT2D eigenvalue weighted by atomic mass is 10.2. The lowest BCUT2D eigenvalue weighted by molar-refractivity contribution is 0.102. The third kappa shape index (κ3) is 2.77. The number of halogens is 2. The Kier molecular flexibility index (Phi) is 3.87. The van der Waals surface area contributed by atoms with Crippen molar-refractivity contribution in [1.29, 1.82) is 0 Å². The number of hydrogen-bond donors (Lipinski definition) is 1. The summed E-state index contributed by atoms with van der Waals surface area (Å²) in [6.45, 7) is 0. The molecule has 0 radical (unpaired) electrons. The van der Waals surface area contributed by atoms with Gasteiger partial charge in [0.1, 0.15) is 5.75 Å². The molecule has 0 saturated carbocycles. The molecular weight excluding hydrogens is 293 g/mol. The van der Waals surface area contributed by atoms with Crippen LogP contribution in [-0.2, 0) is 7.05 Å². The maximum atomic E-state index is 12.1. The molecule has 0 aliphatic rings. The van der Waals surface area contributed by atoms with Crippen molar-refractivity contribution < 1.29 is 9.53 Å². The van der Waals surface area contributed by atoms with E-state index in [1.807, 2.05) is 0 Å². The molecule has 1 aromatic heterocycles. The fraction of sp³-hybridized carbons (Fsp3) is 0.200. The van der Waals surface area contributed by atoms with E-state index in [1.165, 1.54) is 23.9 Å². The van der Waals surface area contributed by atoms with Gasteiger partial charge in [0.15, 0.2) is 0 Å². The number of hydrogen-bond acceptors (Lipinski definition) is 5. The first kappa shape index (κ1) is 13.6. The van der Waals surface area contributed by atoms with Gasteiger partial charge in [0.2, 0.25) is 5.95 Å². The van der Waals surface area contributed by atoms with Crippen molar-refractivity contribution in [2.24, 2.45) is 7.05 Å². The highest BCUT2D eigenvalue weighted by Gasteiger charge is 2.18. The Balaban J connectivity index is 2.36. The minimum atomic E-state index is -0.473. The van der Waals surface area contributed by atoms with Crippen molar-refractivity contribution in [3.05, 3.63) is 27.7 Å². The van der Waals surface area contributed by atoms with E-state index >= 15 is 0 Å². The smallest absolute Gasteiger partial charge is 0.261 e. The lowest BCUT2D eigenvalue weighted by Crippen LogP contribution is -2.16. The van der Waals surface area contributed by atoms with Crippen LogP contribution in [0.15, 0.2) is 12.1 Å². The van der Waals surface area contributed by atoms with E-state index in [-0.39, 0.29) is 22.3 Å². The standard InChI is InChI=1S/C10H9Cl2N5O2/c1-17-10(14-15-16-17)13-9(18)6-3-5(11)4-7(12)8(6)19-2/h3-4H,1-2H3,(H,13,14,16,18). The van der Waals surface area contributed by atoms with Gasteiger partial charge >= 0.3 is 0 Å². The third-order valence-corrected chi connectivity index (χ3v) is 2.80. The number of aryl methyl sites for hydroxylation is 1. The van der Waals surface area contributed by atoms with Crippen molar-refractivity contribution >= 4 is 35.1 Å². The topological polar surface area (TPSA) is 81.9 Å². The molecule has 1 aromatic carbocycles. The van der Waals surface area contributed by atoms with Gasteiger partial charge in [0, 0.05) is 12.1 Å². The summed E-state index contributed by atoms with van der Waals surface area (Å²) >= 11 is 11.8. The number of anilines is 1. The highest BCUT2D eigenvalue weighted by atomic mass is 35.5. The molecule has 0 spiro atoms. The Hall–Kier alpha value is -1.86. The molecule has 9 heteroatoms. The SMILES string of the molecule is COc1c(Cl)cc(Cl)cc1C(=O)Nc1nnnn1C. The second kappa shape index (κ2) is 5.41. The molecule has 2 aromatic rings. The maximum absolute atomic E-state index is 12.1. The van der Waals surface area contributed by atoms with E-state index in [0.717, 1.165) is 0 Å². The molecule has 1 amide bonds. The Morgan fingerprint density at radius 1 is 1.42 bits per heavy atom. The number of carbonyl (C=O) groups excluding carboxylic acids is 1. The minimum absolute atomic E-state index is 0.197. The van der Waals surface area contributed by atoms with Crippen molar-refractivity contribution in [3.8, 4) is 5.75 Å². The molecule has 0 bridgehead atoms. The summed E-state index contributed by atoms with van der Waals surface area (Å²) in [7, 11) is 3.01. The van der Waals surface area contributed by atoms with Gasteiger partial charge < -0.3 is 4.74 Å². The van der Waals surface area contributed by atoms with E-state index in [0.29, 0.717) is 5.02 Å². The van der Waals surface area contributed by atoms with Crippen LogP contribution in [0.2, 0.25) is 10.0 Å². The van der Waals surface area contributed by atoms with Gasteiger partial charge in [-0.15, -0.1) is 0 Å². The van der Waals surface area contributed by atoms with Gasteiger partial charge in [-0.2, -0.15) is 0 Å². The van der Waals surface area contributed by atoms with Gasteiger partial charge in [-0.05, 0) is 22.6 Å². The van der Waals surface area contributed by atoms with Gasteiger partial charge in [-0.25, -0.2) is 4.68 Å². The quantitative estimate of drug-likeness (QED) is 0.934. The van der Waals surface area contributed by atoms with Crippen molar-refractivity contribution in [3.63, 3.8) is 0 Å². The van der Waals surface area contributed by atoms with Crippen molar-refractivity contribution in [2.45, 2.75) is 0 Å². The molecule has 1 N–H and O–H groups in total. The number of tetrazole rings is 1. The Bertz CT molecular complexity index is 628. The summed E-state index contributed by atoms with van der Waals surface area (Å²) in [5, 5.41) is 13.8. The van der Waals surface area contributed by atoms with Crippen LogP contribution in [0.25, 0.3) is 0 Å². The van der Waals surface area contributed by atoms with Gasteiger partial charge in [-0.1, -0.05) is 28.3 Å². The Labute approximate surface area is 118 Å². The van der Waals surface area contributed by atoms with E-state index in [1.54, 1.807) is 7.05 Å². The summed E-state index contributed by atoms with van der Waals surface area (Å²) in [5.41, 5.74) is 0.197. The number of amides is 1. The van der Waals surface area contributed by atoms with Crippen LogP contribution in [0.1, 0.15) is 10.4 Å². The number of methoxy groups -OCH3 is 1. The monoisotopic (exact) mass is 301 g/mol. The first-order valence-corrected chi connectivity index (χ1v) is 5.85. The Morgan fingerprint density at radius 2 is 2.16 bits per heavy atom. The molecular formula is C10H9Cl2N5O2. The number of nitrogens with zero attached hydrogens (tertiary/aromatic N) is 4. The van der Waals surface area contributed by atoms with Crippen LogP contribution in [0.4, 0.5) is 5.95 Å². The summed E-state index contributed by atoms with van der Waals surface area (Å²) in [5.74, 6) is -0.0407. The molecule has 0 aliphatic heterocycles. The molecule has 0 aliphatic carbocycles. The molecule has 2 rings (SSSR count). The van der Waals surface area contributed by atoms with Crippen LogP contribution in [-0.4, -0.2) is 33.2 Å². The number of rotatable bonds is 3. The largest absolute Gasteiger partial charge is 0.494 e. The molecule has 19 heavy (non-hydrogen) atoms. The van der Waals surface area contributed by atoms with E-state index < -0.39 is 5.91 Å². The van der Waals surface area contributed by atoms with Crippen LogP contribution < -0.4 is 10.1 Å². The highest BCUT2D eigenvalue weighted by Crippen LogP contribution is 2.32. The average molecular weight is 302 g/mol. The second-order valence-electron chi connectivity index (χ2n) is 3.55. The first-order chi connectivity index (χ1) is 9.02. The van der Waals surface area contributed by atoms with Gasteiger partial charge in [0.25, 0.3) is 5.91 Å². The number of nitrogens with one attached hydrogen (secondary N) is 1. The van der Waals surface area contributed by atoms with E-state index in [4.69, 9.17) is 27.9 Å². The molecule has 1 heterocycles. The van der Waals surface area contributed by atoms with E-state index in [9.17, 15) is 4.79 Å². The van der Waals surface area contributed by atoms with E-state index in [2.05, 4.69) is 20.8 Å². The lowest BCUT2D eigenvalue weighted by Gasteiger charge is -2.10. The fourth-order valence-electron chi connectivity index (χ4n) is 1.44. The third-order valence-electron chi connectivity index (χ3n) is 2.30. The summed E-state index contributed by atoms with van der Waals surface area (Å²) in [6, 6.07) is 2.94. The molecule has 100 valence electrons. The van der Waals surface area contributed by atoms with Crippen LogP contribution in [0, 0.1) is 0 Å². The Morgan fingerprint density at radius 3 is 2.74 bits per heavy atom. The first-order valence-electron chi connectivity index (χ1n) is 5.09. The normalized spacial score (nSPS) is 10.3. The zero-order valence-electron chi connectivity index (χ0n) is 10.0. The predicted octanol–water partition coefficient (Wildman–Crippen LogP) is 1.78. The number of aromatic nitrogens is 4. The van der Waals surface area contributed by atoms with Crippen LogP contribution >= 0.6 is 23.2 Å². The molecule has 7 nitrogen and oxygen atoms in total. The van der Waals surface area contributed by atoms with Crippen LogP contribution in [0.5, 0.6) is 5.75 Å². The molecule has 0 saturated heterocycles.